The molecule has 4 heteroatoms. The number of nitrogens with zero attached hydrogens (tertiary/aromatic N) is 2. The van der Waals surface area contributed by atoms with Crippen LogP contribution in [-0.4, -0.2) is 17.0 Å². The molecule has 1 aromatic heterocycles. The number of carbonyl (C=O) groups is 1. The van der Waals surface area contributed by atoms with E-state index in [0.29, 0.717) is 18.5 Å². The summed E-state index contributed by atoms with van der Waals surface area (Å²) in [5.41, 5.74) is 0.625. The van der Waals surface area contributed by atoms with Gasteiger partial charge in [-0.25, -0.2) is 0 Å². The van der Waals surface area contributed by atoms with Gasteiger partial charge in [0, 0.05) is 26.0 Å². The van der Waals surface area contributed by atoms with Crippen molar-refractivity contribution in [1.82, 2.24) is 9.88 Å². The molecule has 1 heterocycles. The van der Waals surface area contributed by atoms with Gasteiger partial charge in [0.2, 0.25) is 0 Å². The number of rotatable bonds is 3. The van der Waals surface area contributed by atoms with E-state index >= 15 is 0 Å². The Morgan fingerprint density at radius 2 is 2.54 bits per heavy atom. The molecule has 13 heavy (non-hydrogen) atoms. The monoisotopic (exact) mass is 177 g/mol. The maximum Gasteiger partial charge on any atom is 0.252 e. The van der Waals surface area contributed by atoms with Crippen molar-refractivity contribution in [2.75, 3.05) is 6.54 Å². The van der Waals surface area contributed by atoms with Crippen LogP contribution in [0, 0.1) is 11.3 Å². The van der Waals surface area contributed by atoms with Crippen molar-refractivity contribution >= 4 is 5.91 Å². The molecule has 0 radical (unpaired) electrons. The zero-order valence-electron chi connectivity index (χ0n) is 7.45. The van der Waals surface area contributed by atoms with E-state index in [2.05, 4.69) is 5.32 Å². The number of aromatic nitrogens is 1. The van der Waals surface area contributed by atoms with Crippen LogP contribution in [0.5, 0.6) is 0 Å². The Morgan fingerprint density at radius 3 is 3.08 bits per heavy atom. The summed E-state index contributed by atoms with van der Waals surface area (Å²) in [7, 11) is 1.85. The highest BCUT2D eigenvalue weighted by atomic mass is 16.1. The second kappa shape index (κ2) is 4.31. The predicted octanol–water partition coefficient (Wildman–Crippen LogP) is 0.669. The normalized spacial score (nSPS) is 9.23. The van der Waals surface area contributed by atoms with Gasteiger partial charge in [0.15, 0.2) is 0 Å². The van der Waals surface area contributed by atoms with Gasteiger partial charge in [-0.05, 0) is 6.07 Å². The van der Waals surface area contributed by atoms with Crippen LogP contribution in [0.25, 0.3) is 0 Å². The average Bonchev–Trinajstić information content (AvgIpc) is 2.52. The van der Waals surface area contributed by atoms with E-state index in [0.717, 1.165) is 0 Å². The molecule has 0 aliphatic rings. The lowest BCUT2D eigenvalue weighted by Crippen LogP contribution is -2.23. The number of nitrogens with one attached hydrogen (secondary N) is 1. The molecule has 0 saturated heterocycles. The van der Waals surface area contributed by atoms with Crippen LogP contribution in [-0.2, 0) is 7.05 Å². The zero-order valence-corrected chi connectivity index (χ0v) is 7.45. The summed E-state index contributed by atoms with van der Waals surface area (Å²) in [6.45, 7) is 0.407. The van der Waals surface area contributed by atoms with E-state index < -0.39 is 0 Å². The third-order valence-corrected chi connectivity index (χ3v) is 1.62. The molecule has 1 amide bonds. The fourth-order valence-corrected chi connectivity index (χ4v) is 0.972. The minimum absolute atomic E-state index is 0.129. The lowest BCUT2D eigenvalue weighted by molar-refractivity contribution is 0.0954. The second-order valence-electron chi connectivity index (χ2n) is 2.73. The van der Waals surface area contributed by atoms with Crippen molar-refractivity contribution in [3.8, 4) is 6.07 Å². The summed E-state index contributed by atoms with van der Waals surface area (Å²) in [6, 6.07) is 3.70. The first kappa shape index (κ1) is 9.33. The first-order valence-corrected chi connectivity index (χ1v) is 4.01. The molecule has 0 aromatic carbocycles. The van der Waals surface area contributed by atoms with Gasteiger partial charge in [-0.2, -0.15) is 5.26 Å². The van der Waals surface area contributed by atoms with E-state index in [1.54, 1.807) is 23.0 Å². The van der Waals surface area contributed by atoms with Gasteiger partial charge in [-0.15, -0.1) is 0 Å². The Morgan fingerprint density at radius 1 is 1.77 bits per heavy atom. The highest BCUT2D eigenvalue weighted by molar-refractivity contribution is 5.93. The Labute approximate surface area is 76.8 Å². The lowest BCUT2D eigenvalue weighted by atomic mass is 10.3. The van der Waals surface area contributed by atoms with Crippen molar-refractivity contribution in [3.63, 3.8) is 0 Å². The Bertz CT molecular complexity index is 335. The van der Waals surface area contributed by atoms with E-state index in [-0.39, 0.29) is 5.91 Å². The molecule has 0 aliphatic heterocycles. The minimum Gasteiger partial charge on any atom is -0.356 e. The number of carbonyl (C=O) groups excluding carboxylic acids is 1. The standard InChI is InChI=1S/C9H11N3O/c1-12-6-3-8(7-12)9(13)11-5-2-4-10/h3,6-7H,2,5H2,1H3,(H,11,13). The van der Waals surface area contributed by atoms with Crippen LogP contribution in [0.3, 0.4) is 0 Å². The molecule has 0 atom stereocenters. The summed E-state index contributed by atoms with van der Waals surface area (Å²) in [5, 5.41) is 10.9. The molecular weight excluding hydrogens is 166 g/mol. The molecule has 0 saturated carbocycles. The Balaban J connectivity index is 2.45. The zero-order chi connectivity index (χ0) is 9.68. The molecule has 1 aromatic rings. The van der Waals surface area contributed by atoms with Crippen LogP contribution in [0.2, 0.25) is 0 Å². The van der Waals surface area contributed by atoms with E-state index in [9.17, 15) is 4.79 Å². The van der Waals surface area contributed by atoms with Crippen LogP contribution < -0.4 is 5.32 Å². The van der Waals surface area contributed by atoms with Gasteiger partial charge in [0.25, 0.3) is 5.91 Å². The minimum atomic E-state index is -0.129. The van der Waals surface area contributed by atoms with E-state index in [4.69, 9.17) is 5.26 Å². The summed E-state index contributed by atoms with van der Waals surface area (Å²) >= 11 is 0. The van der Waals surface area contributed by atoms with Gasteiger partial charge in [0.05, 0.1) is 18.1 Å². The molecule has 4 nitrogen and oxygen atoms in total. The summed E-state index contributed by atoms with van der Waals surface area (Å²) in [4.78, 5) is 11.3. The number of hydrogen-bond donors (Lipinski definition) is 1. The summed E-state index contributed by atoms with van der Waals surface area (Å²) in [5.74, 6) is -0.129. The van der Waals surface area contributed by atoms with Gasteiger partial charge in [-0.3, -0.25) is 4.79 Å². The third-order valence-electron chi connectivity index (χ3n) is 1.62. The third kappa shape index (κ3) is 2.64. The predicted molar refractivity (Wildman–Crippen MR) is 48.0 cm³/mol. The van der Waals surface area contributed by atoms with Crippen molar-refractivity contribution < 1.29 is 4.79 Å². The molecule has 0 spiro atoms. The average molecular weight is 177 g/mol. The number of amides is 1. The fourth-order valence-electron chi connectivity index (χ4n) is 0.972. The highest BCUT2D eigenvalue weighted by Crippen LogP contribution is 1.98. The van der Waals surface area contributed by atoms with E-state index in [1.807, 2.05) is 13.1 Å². The van der Waals surface area contributed by atoms with Gasteiger partial charge >= 0.3 is 0 Å². The molecule has 1 N–H and O–H groups in total. The Hall–Kier alpha value is -1.76. The van der Waals surface area contributed by atoms with Crippen molar-refractivity contribution in [2.45, 2.75) is 6.42 Å². The van der Waals surface area contributed by atoms with Crippen molar-refractivity contribution in [1.29, 1.82) is 5.26 Å². The quantitative estimate of drug-likeness (QED) is 0.690. The first-order chi connectivity index (χ1) is 6.24. The van der Waals surface area contributed by atoms with Gasteiger partial charge in [0.1, 0.15) is 0 Å². The number of nitriles is 1. The van der Waals surface area contributed by atoms with Gasteiger partial charge in [-0.1, -0.05) is 0 Å². The molecule has 0 aliphatic carbocycles. The number of aryl methyl sites for hydroxylation is 1. The summed E-state index contributed by atoms with van der Waals surface area (Å²) in [6.07, 6.45) is 3.89. The molecule has 1 rings (SSSR count). The lowest BCUT2D eigenvalue weighted by Gasteiger charge is -1.98. The SMILES string of the molecule is Cn1ccc(C(=O)NCCC#N)c1. The Kier molecular flexibility index (Phi) is 3.09. The van der Waals surface area contributed by atoms with Crippen LogP contribution in [0.1, 0.15) is 16.8 Å². The maximum atomic E-state index is 11.3. The maximum absolute atomic E-state index is 11.3. The highest BCUT2D eigenvalue weighted by Gasteiger charge is 2.04. The fraction of sp³-hybridized carbons (Fsp3) is 0.333. The van der Waals surface area contributed by atoms with Gasteiger partial charge < -0.3 is 9.88 Å². The van der Waals surface area contributed by atoms with Crippen LogP contribution >= 0.6 is 0 Å². The van der Waals surface area contributed by atoms with Crippen LogP contribution in [0.4, 0.5) is 0 Å². The molecule has 68 valence electrons. The molecule has 0 bridgehead atoms. The van der Waals surface area contributed by atoms with E-state index in [1.165, 1.54) is 0 Å². The second-order valence-corrected chi connectivity index (χ2v) is 2.73. The largest absolute Gasteiger partial charge is 0.356 e. The summed E-state index contributed by atoms with van der Waals surface area (Å²) < 4.78 is 1.80. The molecular formula is C9H11N3O. The topological polar surface area (TPSA) is 57.8 Å². The van der Waals surface area contributed by atoms with Crippen LogP contribution in [0.15, 0.2) is 18.5 Å². The molecule has 0 unspecified atom stereocenters. The van der Waals surface area contributed by atoms with Crippen molar-refractivity contribution in [2.24, 2.45) is 7.05 Å². The first-order valence-electron chi connectivity index (χ1n) is 4.01. The van der Waals surface area contributed by atoms with Crippen molar-refractivity contribution in [3.05, 3.63) is 24.0 Å². The smallest absolute Gasteiger partial charge is 0.252 e. The number of hydrogen-bond acceptors (Lipinski definition) is 2. The molecule has 0 fully saturated rings.